The molecule has 0 aromatic heterocycles. The predicted octanol–water partition coefficient (Wildman–Crippen LogP) is 4.69. The van der Waals surface area contributed by atoms with Crippen LogP contribution in [0.15, 0.2) is 29.2 Å². The van der Waals surface area contributed by atoms with Crippen molar-refractivity contribution >= 4 is 17.7 Å². The number of rotatable bonds is 10. The molecule has 3 nitrogen and oxygen atoms in total. The molecule has 1 aromatic carbocycles. The highest BCUT2D eigenvalue weighted by Gasteiger charge is 2.20. The van der Waals surface area contributed by atoms with Crippen LogP contribution in [-0.2, 0) is 9.53 Å². The van der Waals surface area contributed by atoms with Gasteiger partial charge in [0.1, 0.15) is 11.0 Å². The second kappa shape index (κ2) is 10.6. The molecule has 4 heteroatoms. The van der Waals surface area contributed by atoms with E-state index < -0.39 is 0 Å². The number of esters is 1. The van der Waals surface area contributed by atoms with Crippen molar-refractivity contribution in [3.63, 3.8) is 0 Å². The van der Waals surface area contributed by atoms with Gasteiger partial charge in [-0.25, -0.2) is 0 Å². The Morgan fingerprint density at radius 3 is 2.43 bits per heavy atom. The van der Waals surface area contributed by atoms with Crippen molar-refractivity contribution in [3.8, 4) is 5.75 Å². The Balaban J connectivity index is 2.59. The van der Waals surface area contributed by atoms with Gasteiger partial charge in [0.25, 0.3) is 0 Å². The summed E-state index contributed by atoms with van der Waals surface area (Å²) >= 11 is 1.58. The molecule has 0 fully saturated rings. The molecule has 118 valence electrons. The second-order valence-corrected chi connectivity index (χ2v) is 6.16. The van der Waals surface area contributed by atoms with Gasteiger partial charge >= 0.3 is 5.97 Å². The topological polar surface area (TPSA) is 35.5 Å². The molecule has 21 heavy (non-hydrogen) atoms. The lowest BCUT2D eigenvalue weighted by molar-refractivity contribution is -0.142. The van der Waals surface area contributed by atoms with Crippen LogP contribution < -0.4 is 4.74 Å². The zero-order valence-corrected chi connectivity index (χ0v) is 14.1. The molecule has 0 saturated heterocycles. The first-order valence-corrected chi connectivity index (χ1v) is 8.56. The van der Waals surface area contributed by atoms with Crippen molar-refractivity contribution in [1.82, 2.24) is 0 Å². The molecule has 0 amide bonds. The number of thioether (sulfide) groups is 1. The van der Waals surface area contributed by atoms with Gasteiger partial charge in [-0.1, -0.05) is 32.6 Å². The Bertz CT molecular complexity index is 403. The summed E-state index contributed by atoms with van der Waals surface area (Å²) in [6.45, 7) is 4.48. The quantitative estimate of drug-likeness (QED) is 0.357. The largest absolute Gasteiger partial charge is 0.497 e. The fourth-order valence-electron chi connectivity index (χ4n) is 2.04. The molecule has 0 saturated carbocycles. The minimum Gasteiger partial charge on any atom is -0.497 e. The summed E-state index contributed by atoms with van der Waals surface area (Å²) in [5, 5.41) is -0.116. The van der Waals surface area contributed by atoms with E-state index in [1.54, 1.807) is 18.9 Å². The molecular weight excluding hydrogens is 284 g/mol. The number of unbranched alkanes of at least 4 members (excludes halogenated alkanes) is 3. The minimum absolute atomic E-state index is 0.102. The average Bonchev–Trinajstić information content (AvgIpc) is 2.51. The summed E-state index contributed by atoms with van der Waals surface area (Å²) in [4.78, 5) is 13.1. The van der Waals surface area contributed by atoms with Crippen LogP contribution in [0.25, 0.3) is 0 Å². The van der Waals surface area contributed by atoms with Crippen LogP contribution in [0.4, 0.5) is 0 Å². The second-order valence-electron chi connectivity index (χ2n) is 4.88. The summed E-state index contributed by atoms with van der Waals surface area (Å²) in [7, 11) is 1.65. The van der Waals surface area contributed by atoms with Gasteiger partial charge in [0.2, 0.25) is 0 Å². The van der Waals surface area contributed by atoms with Crippen molar-refractivity contribution in [1.29, 1.82) is 0 Å². The van der Waals surface area contributed by atoms with E-state index in [-0.39, 0.29) is 11.2 Å². The van der Waals surface area contributed by atoms with Crippen LogP contribution in [0.3, 0.4) is 0 Å². The lowest BCUT2D eigenvalue weighted by atomic mass is 10.1. The number of hydrogen-bond donors (Lipinski definition) is 0. The first kappa shape index (κ1) is 17.9. The van der Waals surface area contributed by atoms with Gasteiger partial charge < -0.3 is 9.47 Å². The van der Waals surface area contributed by atoms with Gasteiger partial charge in [0, 0.05) is 4.90 Å². The van der Waals surface area contributed by atoms with Crippen molar-refractivity contribution in [2.45, 2.75) is 56.1 Å². The van der Waals surface area contributed by atoms with Gasteiger partial charge in [-0.05, 0) is 37.6 Å². The summed E-state index contributed by atoms with van der Waals surface area (Å²) in [6.07, 6.45) is 5.55. The number of hydrogen-bond acceptors (Lipinski definition) is 4. The minimum atomic E-state index is -0.116. The van der Waals surface area contributed by atoms with E-state index in [0.29, 0.717) is 6.61 Å². The maximum absolute atomic E-state index is 12.1. The lowest BCUT2D eigenvalue weighted by Gasteiger charge is -2.15. The standard InChI is InChI=1S/C17H26O3S/c1-4-6-7-8-9-16(17(18)20-5-2)21-15-12-10-14(19-3)11-13-15/h10-13,16H,4-9H2,1-3H3/t16-/m1/s1. The summed E-state index contributed by atoms with van der Waals surface area (Å²) in [5.41, 5.74) is 0. The van der Waals surface area contributed by atoms with E-state index in [1.165, 1.54) is 19.3 Å². The number of methoxy groups -OCH3 is 1. The predicted molar refractivity (Wildman–Crippen MR) is 88.0 cm³/mol. The fraction of sp³-hybridized carbons (Fsp3) is 0.588. The van der Waals surface area contributed by atoms with E-state index in [9.17, 15) is 4.79 Å². The lowest BCUT2D eigenvalue weighted by Crippen LogP contribution is -2.20. The molecule has 1 atom stereocenters. The van der Waals surface area contributed by atoms with Gasteiger partial charge in [-0.15, -0.1) is 11.8 Å². The van der Waals surface area contributed by atoms with Crippen molar-refractivity contribution in [2.75, 3.05) is 13.7 Å². The molecule has 0 spiro atoms. The van der Waals surface area contributed by atoms with E-state index in [2.05, 4.69) is 6.92 Å². The highest BCUT2D eigenvalue weighted by Crippen LogP contribution is 2.29. The van der Waals surface area contributed by atoms with Crippen LogP contribution in [0, 0.1) is 0 Å². The molecular formula is C17H26O3S. The highest BCUT2D eigenvalue weighted by atomic mass is 32.2. The number of carbonyl (C=O) groups excluding carboxylic acids is 1. The normalized spacial score (nSPS) is 12.0. The summed E-state index contributed by atoms with van der Waals surface area (Å²) in [6, 6.07) is 7.81. The van der Waals surface area contributed by atoms with Crippen LogP contribution >= 0.6 is 11.8 Å². The van der Waals surface area contributed by atoms with Crippen LogP contribution in [0.5, 0.6) is 5.75 Å². The van der Waals surface area contributed by atoms with E-state index in [0.717, 1.165) is 23.5 Å². The smallest absolute Gasteiger partial charge is 0.319 e. The Labute approximate surface area is 132 Å². The van der Waals surface area contributed by atoms with E-state index in [1.807, 2.05) is 31.2 Å². The first-order valence-electron chi connectivity index (χ1n) is 7.68. The average molecular weight is 310 g/mol. The molecule has 0 radical (unpaired) electrons. The van der Waals surface area contributed by atoms with Crippen LogP contribution in [0.2, 0.25) is 0 Å². The zero-order chi connectivity index (χ0) is 15.5. The third-order valence-electron chi connectivity index (χ3n) is 3.21. The number of carbonyl (C=O) groups is 1. The molecule has 0 heterocycles. The molecule has 0 N–H and O–H groups in total. The molecule has 1 aromatic rings. The van der Waals surface area contributed by atoms with Crippen molar-refractivity contribution < 1.29 is 14.3 Å². The van der Waals surface area contributed by atoms with Gasteiger partial charge in [-0.2, -0.15) is 0 Å². The van der Waals surface area contributed by atoms with E-state index in [4.69, 9.17) is 9.47 Å². The number of benzene rings is 1. The molecule has 0 bridgehead atoms. The Morgan fingerprint density at radius 1 is 1.14 bits per heavy atom. The zero-order valence-electron chi connectivity index (χ0n) is 13.3. The highest BCUT2D eigenvalue weighted by molar-refractivity contribution is 8.00. The number of ether oxygens (including phenoxy) is 2. The van der Waals surface area contributed by atoms with Crippen molar-refractivity contribution in [2.24, 2.45) is 0 Å². The van der Waals surface area contributed by atoms with Crippen LogP contribution in [-0.4, -0.2) is 24.9 Å². The first-order chi connectivity index (χ1) is 10.2. The third kappa shape index (κ3) is 6.89. The molecule has 1 rings (SSSR count). The van der Waals surface area contributed by atoms with E-state index >= 15 is 0 Å². The molecule has 0 aliphatic heterocycles. The van der Waals surface area contributed by atoms with Gasteiger partial charge in [-0.3, -0.25) is 4.79 Å². The van der Waals surface area contributed by atoms with Gasteiger partial charge in [0.05, 0.1) is 13.7 Å². The van der Waals surface area contributed by atoms with Gasteiger partial charge in [0.15, 0.2) is 0 Å². The summed E-state index contributed by atoms with van der Waals surface area (Å²) < 4.78 is 10.3. The Kier molecular flexibility index (Phi) is 8.99. The molecule has 0 aliphatic carbocycles. The van der Waals surface area contributed by atoms with Crippen molar-refractivity contribution in [3.05, 3.63) is 24.3 Å². The maximum Gasteiger partial charge on any atom is 0.319 e. The third-order valence-corrected chi connectivity index (χ3v) is 4.46. The molecule has 0 unspecified atom stereocenters. The fourth-order valence-corrected chi connectivity index (χ4v) is 3.11. The Morgan fingerprint density at radius 2 is 1.86 bits per heavy atom. The SMILES string of the molecule is CCCCCC[C@@H](Sc1ccc(OC)cc1)C(=O)OCC. The monoisotopic (exact) mass is 310 g/mol. The summed E-state index contributed by atoms with van der Waals surface area (Å²) in [5.74, 6) is 0.727. The van der Waals surface area contributed by atoms with Crippen LogP contribution in [0.1, 0.15) is 46.0 Å². The Hall–Kier alpha value is -1.16. The molecule has 0 aliphatic rings. The maximum atomic E-state index is 12.1.